The van der Waals surface area contributed by atoms with Crippen LogP contribution in [-0.4, -0.2) is 48.9 Å². The summed E-state index contributed by atoms with van der Waals surface area (Å²) in [4.78, 5) is 2.09. The van der Waals surface area contributed by atoms with Gasteiger partial charge in [0.1, 0.15) is 0 Å². The van der Waals surface area contributed by atoms with Crippen molar-refractivity contribution in [2.24, 2.45) is 0 Å². The quantitative estimate of drug-likeness (QED) is 0.797. The van der Waals surface area contributed by atoms with E-state index in [0.717, 1.165) is 10.0 Å². The molecule has 1 fully saturated rings. The van der Waals surface area contributed by atoms with Crippen LogP contribution >= 0.6 is 15.9 Å². The van der Waals surface area contributed by atoms with Crippen LogP contribution in [0.1, 0.15) is 0 Å². The maximum Gasteiger partial charge on any atom is 0.243 e. The molecule has 5 nitrogen and oxygen atoms in total. The van der Waals surface area contributed by atoms with Crippen LogP contribution in [0.3, 0.4) is 0 Å². The van der Waals surface area contributed by atoms with Crippen LogP contribution < -0.4 is 0 Å². The topological polar surface area (TPSA) is 60.9 Å². The number of halogens is 1. The fraction of sp³-hybridized carbons (Fsp3) is 0.250. The summed E-state index contributed by atoms with van der Waals surface area (Å²) in [6.07, 6.45) is 7.39. The van der Waals surface area contributed by atoms with E-state index in [1.54, 1.807) is 24.3 Å². The first-order valence-electron chi connectivity index (χ1n) is 7.27. The van der Waals surface area contributed by atoms with Gasteiger partial charge >= 0.3 is 0 Å². The van der Waals surface area contributed by atoms with Gasteiger partial charge in [0.05, 0.1) is 4.90 Å². The molecule has 1 heterocycles. The van der Waals surface area contributed by atoms with Crippen molar-refractivity contribution in [2.45, 2.75) is 4.90 Å². The third-order valence-electron chi connectivity index (χ3n) is 3.89. The largest absolute Gasteiger partial charge is 0.494 e. The Labute approximate surface area is 144 Å². The van der Waals surface area contributed by atoms with E-state index >= 15 is 0 Å². The summed E-state index contributed by atoms with van der Waals surface area (Å²) in [6.45, 7) is 1.62. The van der Waals surface area contributed by atoms with Gasteiger partial charge in [-0.1, -0.05) is 34.1 Å². The van der Waals surface area contributed by atoms with Gasteiger partial charge in [-0.3, -0.25) is 0 Å². The Bertz CT molecular complexity index is 777. The van der Waals surface area contributed by atoms with Crippen molar-refractivity contribution in [1.29, 1.82) is 0 Å². The Balaban J connectivity index is 1.73. The maximum absolute atomic E-state index is 12.7. The van der Waals surface area contributed by atoms with Crippen LogP contribution in [0.4, 0.5) is 0 Å². The molecule has 0 saturated carbocycles. The van der Waals surface area contributed by atoms with Gasteiger partial charge in [-0.2, -0.15) is 4.31 Å². The zero-order valence-electron chi connectivity index (χ0n) is 12.4. The molecule has 0 bridgehead atoms. The lowest BCUT2D eigenvalue weighted by Gasteiger charge is -2.35. The molecule has 0 atom stereocenters. The molecule has 0 unspecified atom stereocenters. The van der Waals surface area contributed by atoms with Gasteiger partial charge < -0.3 is 10.0 Å². The van der Waals surface area contributed by atoms with E-state index in [1.165, 1.54) is 4.31 Å². The van der Waals surface area contributed by atoms with Gasteiger partial charge in [0.25, 0.3) is 0 Å². The fourth-order valence-electron chi connectivity index (χ4n) is 2.62. The number of benzene rings is 1. The second-order valence-electron chi connectivity index (χ2n) is 5.35. The van der Waals surface area contributed by atoms with E-state index in [0.29, 0.717) is 26.2 Å². The van der Waals surface area contributed by atoms with E-state index in [9.17, 15) is 13.5 Å². The summed E-state index contributed by atoms with van der Waals surface area (Å²) in [7, 11) is -3.50. The molecule has 1 aromatic carbocycles. The van der Waals surface area contributed by atoms with Gasteiger partial charge in [0.2, 0.25) is 10.0 Å². The maximum atomic E-state index is 12.7. The third-order valence-corrected chi connectivity index (χ3v) is 6.28. The average Bonchev–Trinajstić information content (AvgIpc) is 3.09. The molecule has 1 aliphatic carbocycles. The summed E-state index contributed by atoms with van der Waals surface area (Å²) in [5.74, 6) is 0.203. The van der Waals surface area contributed by atoms with Crippen molar-refractivity contribution in [2.75, 3.05) is 26.2 Å². The third kappa shape index (κ3) is 3.36. The van der Waals surface area contributed by atoms with Crippen molar-refractivity contribution in [1.82, 2.24) is 9.21 Å². The molecule has 23 heavy (non-hydrogen) atoms. The fourth-order valence-corrected chi connectivity index (χ4v) is 4.64. The molecular weight excluding hydrogens is 380 g/mol. The molecule has 1 N–H and O–H groups in total. The number of aliphatic hydroxyl groups excluding tert-OH is 1. The molecule has 1 aliphatic heterocycles. The standard InChI is InChI=1S/C16H17BrN2O3S/c17-14-6-3-7-15(12-14)23(21,22)19-10-8-18(9-11-19)16(20)13-4-1-2-5-13/h1-7,12,20H,8-11H2. The first kappa shape index (κ1) is 16.3. The van der Waals surface area contributed by atoms with Crippen molar-refractivity contribution in [3.05, 3.63) is 64.5 Å². The lowest BCUT2D eigenvalue weighted by Crippen LogP contribution is -2.48. The Morgan fingerprint density at radius 2 is 1.74 bits per heavy atom. The van der Waals surface area contributed by atoms with Gasteiger partial charge in [-0.05, 0) is 30.4 Å². The zero-order chi connectivity index (χ0) is 16.4. The summed E-state index contributed by atoms with van der Waals surface area (Å²) >= 11 is 3.30. The molecule has 3 rings (SSSR count). The first-order chi connectivity index (χ1) is 11.0. The summed E-state index contributed by atoms with van der Waals surface area (Å²) in [5.41, 5.74) is 0.758. The average molecular weight is 397 g/mol. The Morgan fingerprint density at radius 1 is 1.09 bits per heavy atom. The van der Waals surface area contributed by atoms with Gasteiger partial charge in [-0.15, -0.1) is 0 Å². The monoisotopic (exact) mass is 396 g/mol. The number of aliphatic hydroxyl groups is 1. The number of hydrogen-bond donors (Lipinski definition) is 1. The zero-order valence-corrected chi connectivity index (χ0v) is 14.8. The smallest absolute Gasteiger partial charge is 0.243 e. The van der Waals surface area contributed by atoms with Crippen molar-refractivity contribution in [3.63, 3.8) is 0 Å². The van der Waals surface area contributed by atoms with Crippen LogP contribution in [0.25, 0.3) is 0 Å². The van der Waals surface area contributed by atoms with E-state index in [-0.39, 0.29) is 10.8 Å². The van der Waals surface area contributed by atoms with Crippen LogP contribution in [-0.2, 0) is 10.0 Å². The number of piperazine rings is 1. The van der Waals surface area contributed by atoms with Crippen molar-refractivity contribution >= 4 is 26.0 Å². The van der Waals surface area contributed by atoms with Gasteiger partial charge in [0, 0.05) is 36.2 Å². The second kappa shape index (κ2) is 6.51. The Morgan fingerprint density at radius 3 is 2.35 bits per heavy atom. The SMILES string of the molecule is O=S(=O)(c1cccc(Br)c1)N1CCN(C(O)=C2C=CC=C2)CC1. The molecule has 0 aromatic heterocycles. The van der Waals surface area contributed by atoms with Gasteiger partial charge in [-0.25, -0.2) is 8.42 Å². The van der Waals surface area contributed by atoms with Crippen LogP contribution in [0.5, 0.6) is 0 Å². The molecule has 0 spiro atoms. The molecule has 0 amide bonds. The molecule has 2 aliphatic rings. The Kier molecular flexibility index (Phi) is 4.61. The normalized spacial score (nSPS) is 18.7. The van der Waals surface area contributed by atoms with Crippen LogP contribution in [0.2, 0.25) is 0 Å². The predicted octanol–water partition coefficient (Wildman–Crippen LogP) is 2.65. The minimum Gasteiger partial charge on any atom is -0.494 e. The molecule has 122 valence electrons. The molecule has 1 saturated heterocycles. The number of nitrogens with zero attached hydrogens (tertiary/aromatic N) is 2. The van der Waals surface area contributed by atoms with Crippen LogP contribution in [0.15, 0.2) is 69.4 Å². The summed E-state index contributed by atoms with van der Waals surface area (Å²) in [5, 5.41) is 10.2. The number of allylic oxidation sites excluding steroid dienone is 5. The van der Waals surface area contributed by atoms with Crippen molar-refractivity contribution < 1.29 is 13.5 Å². The highest BCUT2D eigenvalue weighted by atomic mass is 79.9. The lowest BCUT2D eigenvalue weighted by atomic mass is 10.2. The Hall–Kier alpha value is -1.57. The molecular formula is C16H17BrN2O3S. The summed E-state index contributed by atoms with van der Waals surface area (Å²) in [6, 6.07) is 6.71. The molecule has 0 radical (unpaired) electrons. The minimum atomic E-state index is -3.50. The van der Waals surface area contributed by atoms with Crippen molar-refractivity contribution in [3.8, 4) is 0 Å². The van der Waals surface area contributed by atoms with E-state index < -0.39 is 10.0 Å². The highest BCUT2D eigenvalue weighted by Gasteiger charge is 2.29. The van der Waals surface area contributed by atoms with E-state index in [1.807, 2.05) is 29.2 Å². The molecule has 7 heteroatoms. The highest BCUT2D eigenvalue weighted by Crippen LogP contribution is 2.23. The summed E-state index contributed by atoms with van der Waals surface area (Å²) < 4.78 is 27.5. The number of rotatable bonds is 3. The van der Waals surface area contributed by atoms with Gasteiger partial charge in [0.15, 0.2) is 5.88 Å². The highest BCUT2D eigenvalue weighted by molar-refractivity contribution is 9.10. The minimum absolute atomic E-state index is 0.203. The lowest BCUT2D eigenvalue weighted by molar-refractivity contribution is 0.150. The van der Waals surface area contributed by atoms with E-state index in [2.05, 4.69) is 15.9 Å². The molecule has 1 aromatic rings. The first-order valence-corrected chi connectivity index (χ1v) is 9.50. The predicted molar refractivity (Wildman–Crippen MR) is 92.4 cm³/mol. The second-order valence-corrected chi connectivity index (χ2v) is 8.20. The van der Waals surface area contributed by atoms with Crippen LogP contribution in [0, 0.1) is 0 Å². The van der Waals surface area contributed by atoms with E-state index in [4.69, 9.17) is 0 Å². The number of hydrogen-bond acceptors (Lipinski definition) is 4. The number of sulfonamides is 1.